The average molecular weight is 315 g/mol. The summed E-state index contributed by atoms with van der Waals surface area (Å²) in [6.45, 7) is 0. The first-order valence-electron chi connectivity index (χ1n) is 4.04. The number of benzene rings is 1. The van der Waals surface area contributed by atoms with E-state index in [1.54, 1.807) is 12.1 Å². The van der Waals surface area contributed by atoms with Gasteiger partial charge in [-0.1, -0.05) is 12.1 Å². The van der Waals surface area contributed by atoms with Crippen LogP contribution in [0.25, 0.3) is 10.9 Å². The topological polar surface area (TPSA) is 89.1 Å². The monoisotopic (exact) mass is 315 g/mol. The lowest BCUT2D eigenvalue weighted by Gasteiger charge is -2.03. The fourth-order valence-electron chi connectivity index (χ4n) is 1.30. The predicted molar refractivity (Wildman–Crippen MR) is 63.6 cm³/mol. The molecule has 2 rings (SSSR count). The molecule has 3 N–H and O–H groups in total. The molecule has 1 aromatic heterocycles. The summed E-state index contributed by atoms with van der Waals surface area (Å²) >= 11 is 2.08. The number of aromatic nitrogens is 2. The zero-order valence-electron chi connectivity index (χ0n) is 7.44. The van der Waals surface area contributed by atoms with Gasteiger partial charge in [-0.15, -0.1) is 0 Å². The molecule has 1 aromatic carbocycles. The van der Waals surface area contributed by atoms with E-state index in [1.807, 2.05) is 6.07 Å². The van der Waals surface area contributed by atoms with E-state index in [1.165, 1.54) is 0 Å². The Labute approximate surface area is 98.5 Å². The van der Waals surface area contributed by atoms with Gasteiger partial charge in [0.1, 0.15) is 0 Å². The molecule has 0 aliphatic carbocycles. The van der Waals surface area contributed by atoms with Crippen LogP contribution in [-0.2, 0) is 0 Å². The Morgan fingerprint density at radius 2 is 2.13 bits per heavy atom. The molecule has 6 heteroatoms. The number of nitrogens with two attached hydrogens (primary N) is 1. The van der Waals surface area contributed by atoms with E-state index in [9.17, 15) is 4.79 Å². The predicted octanol–water partition coefficient (Wildman–Crippen LogP) is 1.51. The molecule has 15 heavy (non-hydrogen) atoms. The highest BCUT2D eigenvalue weighted by molar-refractivity contribution is 14.1. The Bertz CT molecular complexity index is 556. The van der Waals surface area contributed by atoms with Crippen molar-refractivity contribution in [1.82, 2.24) is 9.97 Å². The number of carboxylic acid groups (broad SMARTS) is 1. The molecule has 0 fully saturated rings. The van der Waals surface area contributed by atoms with Crippen molar-refractivity contribution in [3.63, 3.8) is 0 Å². The van der Waals surface area contributed by atoms with Crippen LogP contribution in [0.1, 0.15) is 10.5 Å². The summed E-state index contributed by atoms with van der Waals surface area (Å²) in [6.07, 6.45) is 0. The van der Waals surface area contributed by atoms with Crippen LogP contribution < -0.4 is 5.73 Å². The Kier molecular flexibility index (Phi) is 2.43. The van der Waals surface area contributed by atoms with Gasteiger partial charge in [-0.25, -0.2) is 14.8 Å². The molecule has 0 aliphatic rings. The molecule has 5 nitrogen and oxygen atoms in total. The fourth-order valence-corrected chi connectivity index (χ4v) is 1.92. The molecular weight excluding hydrogens is 309 g/mol. The summed E-state index contributed by atoms with van der Waals surface area (Å²) in [5, 5.41) is 9.45. The van der Waals surface area contributed by atoms with Crippen LogP contribution in [0.15, 0.2) is 18.2 Å². The molecule has 1 heterocycles. The lowest BCUT2D eigenvalue weighted by Crippen LogP contribution is -2.06. The van der Waals surface area contributed by atoms with Crippen molar-refractivity contribution >= 4 is 45.4 Å². The molecule has 0 spiro atoms. The van der Waals surface area contributed by atoms with Gasteiger partial charge in [-0.05, 0) is 28.7 Å². The van der Waals surface area contributed by atoms with E-state index in [2.05, 4.69) is 32.6 Å². The number of hydrogen-bond acceptors (Lipinski definition) is 4. The minimum atomic E-state index is -1.10. The number of hydrogen-bond donors (Lipinski definition) is 2. The van der Waals surface area contributed by atoms with E-state index in [0.29, 0.717) is 10.9 Å². The maximum atomic E-state index is 10.9. The van der Waals surface area contributed by atoms with Gasteiger partial charge in [0.2, 0.25) is 5.95 Å². The van der Waals surface area contributed by atoms with Crippen LogP contribution in [-0.4, -0.2) is 21.0 Å². The smallest absolute Gasteiger partial charge is 0.355 e. The summed E-state index contributed by atoms with van der Waals surface area (Å²) in [7, 11) is 0. The standard InChI is InChI=1S/C9H6IN3O2/c10-5-3-1-2-4-6(5)12-9(11)13-7(4)8(14)15/h1-3H,(H,14,15)(H2,11,12,13). The number of para-hydroxylation sites is 1. The highest BCUT2D eigenvalue weighted by Gasteiger charge is 2.13. The highest BCUT2D eigenvalue weighted by Crippen LogP contribution is 2.21. The second kappa shape index (κ2) is 3.61. The Hall–Kier alpha value is -1.44. The van der Waals surface area contributed by atoms with Crippen molar-refractivity contribution in [2.24, 2.45) is 0 Å². The summed E-state index contributed by atoms with van der Waals surface area (Å²) in [6, 6.07) is 5.26. The van der Waals surface area contributed by atoms with Crippen molar-refractivity contribution in [3.8, 4) is 0 Å². The first-order chi connectivity index (χ1) is 7.09. The third-order valence-corrected chi connectivity index (χ3v) is 2.77. The SMILES string of the molecule is Nc1nc(C(=O)O)c2cccc(I)c2n1. The number of nitrogens with zero attached hydrogens (tertiary/aromatic N) is 2. The molecule has 76 valence electrons. The van der Waals surface area contributed by atoms with Crippen LogP contribution in [0.2, 0.25) is 0 Å². The second-order valence-corrected chi connectivity index (χ2v) is 4.03. The Balaban J connectivity index is 2.92. The summed E-state index contributed by atoms with van der Waals surface area (Å²) in [4.78, 5) is 18.6. The lowest BCUT2D eigenvalue weighted by molar-refractivity contribution is 0.0693. The zero-order chi connectivity index (χ0) is 11.0. The first kappa shape index (κ1) is 10.1. The van der Waals surface area contributed by atoms with Crippen LogP contribution in [0.4, 0.5) is 5.95 Å². The third-order valence-electron chi connectivity index (χ3n) is 1.90. The van der Waals surface area contributed by atoms with Gasteiger partial charge < -0.3 is 10.8 Å². The zero-order valence-corrected chi connectivity index (χ0v) is 9.59. The summed E-state index contributed by atoms with van der Waals surface area (Å²) in [5.41, 5.74) is 5.96. The van der Waals surface area contributed by atoms with Gasteiger partial charge in [0.25, 0.3) is 0 Å². The van der Waals surface area contributed by atoms with Crippen molar-refractivity contribution in [2.45, 2.75) is 0 Å². The third kappa shape index (κ3) is 1.72. The van der Waals surface area contributed by atoms with Gasteiger partial charge in [-0.3, -0.25) is 0 Å². The summed E-state index contributed by atoms with van der Waals surface area (Å²) < 4.78 is 0.849. The summed E-state index contributed by atoms with van der Waals surface area (Å²) in [5.74, 6) is -1.12. The first-order valence-corrected chi connectivity index (χ1v) is 5.12. The second-order valence-electron chi connectivity index (χ2n) is 2.87. The number of rotatable bonds is 1. The molecular formula is C9H6IN3O2. The number of anilines is 1. The number of nitrogen functional groups attached to an aromatic ring is 1. The molecule has 0 saturated carbocycles. The molecule has 0 amide bonds. The molecule has 0 saturated heterocycles. The van der Waals surface area contributed by atoms with E-state index in [4.69, 9.17) is 10.8 Å². The van der Waals surface area contributed by atoms with Gasteiger partial charge >= 0.3 is 5.97 Å². The molecule has 0 aliphatic heterocycles. The fraction of sp³-hybridized carbons (Fsp3) is 0. The maximum Gasteiger partial charge on any atom is 0.355 e. The molecule has 0 bridgehead atoms. The van der Waals surface area contributed by atoms with Gasteiger partial charge in [0, 0.05) is 8.96 Å². The number of fused-ring (bicyclic) bond motifs is 1. The van der Waals surface area contributed by atoms with Crippen molar-refractivity contribution in [2.75, 3.05) is 5.73 Å². The van der Waals surface area contributed by atoms with Crippen molar-refractivity contribution < 1.29 is 9.90 Å². The maximum absolute atomic E-state index is 10.9. The van der Waals surface area contributed by atoms with Gasteiger partial charge in [0.15, 0.2) is 5.69 Å². The van der Waals surface area contributed by atoms with Crippen molar-refractivity contribution in [3.05, 3.63) is 27.5 Å². The molecule has 0 atom stereocenters. The average Bonchev–Trinajstić information content (AvgIpc) is 2.18. The quantitative estimate of drug-likeness (QED) is 0.779. The van der Waals surface area contributed by atoms with E-state index < -0.39 is 5.97 Å². The van der Waals surface area contributed by atoms with E-state index >= 15 is 0 Å². The Morgan fingerprint density at radius 1 is 1.40 bits per heavy atom. The van der Waals surface area contributed by atoms with Gasteiger partial charge in [0.05, 0.1) is 5.52 Å². The lowest BCUT2D eigenvalue weighted by atomic mass is 10.2. The number of carbonyl (C=O) groups is 1. The molecule has 0 unspecified atom stereocenters. The van der Waals surface area contributed by atoms with Crippen molar-refractivity contribution in [1.29, 1.82) is 0 Å². The molecule has 0 radical (unpaired) electrons. The minimum Gasteiger partial charge on any atom is -0.476 e. The number of halogens is 1. The van der Waals surface area contributed by atoms with Crippen LogP contribution in [0, 0.1) is 3.57 Å². The van der Waals surface area contributed by atoms with E-state index in [-0.39, 0.29) is 11.6 Å². The molecule has 2 aromatic rings. The number of carboxylic acids is 1. The van der Waals surface area contributed by atoms with Crippen LogP contribution in [0.3, 0.4) is 0 Å². The van der Waals surface area contributed by atoms with Gasteiger partial charge in [-0.2, -0.15) is 0 Å². The number of aromatic carboxylic acids is 1. The normalized spacial score (nSPS) is 10.5. The minimum absolute atomic E-state index is 0.0241. The largest absolute Gasteiger partial charge is 0.476 e. The highest BCUT2D eigenvalue weighted by atomic mass is 127. The Morgan fingerprint density at radius 3 is 2.80 bits per heavy atom. The van der Waals surface area contributed by atoms with Crippen LogP contribution >= 0.6 is 22.6 Å². The van der Waals surface area contributed by atoms with Crippen LogP contribution in [0.5, 0.6) is 0 Å². The van der Waals surface area contributed by atoms with E-state index in [0.717, 1.165) is 3.57 Å².